The third-order valence-electron chi connectivity index (χ3n) is 4.71. The second-order valence-electron chi connectivity index (χ2n) is 6.49. The van der Waals surface area contributed by atoms with E-state index in [2.05, 4.69) is 12.1 Å². The van der Waals surface area contributed by atoms with Crippen LogP contribution in [0.4, 0.5) is 0 Å². The number of nitrogens with zero attached hydrogens (tertiary/aromatic N) is 2. The van der Waals surface area contributed by atoms with E-state index >= 15 is 0 Å². The van der Waals surface area contributed by atoms with E-state index in [0.717, 1.165) is 30.0 Å². The van der Waals surface area contributed by atoms with Gasteiger partial charge in [-0.05, 0) is 30.7 Å². The lowest BCUT2D eigenvalue weighted by Gasteiger charge is -2.30. The molecule has 1 aliphatic carbocycles. The second kappa shape index (κ2) is 7.45. The normalized spacial score (nSPS) is 21.6. The smallest absolute Gasteiger partial charge is 0.239 e. The molecule has 1 saturated carbocycles. The monoisotopic (exact) mass is 338 g/mol. The van der Waals surface area contributed by atoms with Crippen molar-refractivity contribution in [2.75, 3.05) is 26.9 Å². The van der Waals surface area contributed by atoms with Gasteiger partial charge in [-0.1, -0.05) is 36.8 Å². The van der Waals surface area contributed by atoms with Gasteiger partial charge < -0.3 is 4.90 Å². The minimum atomic E-state index is -3.51. The van der Waals surface area contributed by atoms with Crippen molar-refractivity contribution in [2.24, 2.45) is 5.92 Å². The topological polar surface area (TPSA) is 57.7 Å². The highest BCUT2D eigenvalue weighted by Gasteiger charge is 2.34. The van der Waals surface area contributed by atoms with Gasteiger partial charge in [-0.25, -0.2) is 12.7 Å². The second-order valence-corrected chi connectivity index (χ2v) is 8.67. The fourth-order valence-electron chi connectivity index (χ4n) is 3.25. The first-order valence-corrected chi connectivity index (χ1v) is 9.62. The van der Waals surface area contributed by atoms with E-state index in [0.29, 0.717) is 5.92 Å². The Hall–Kier alpha value is -1.40. The molecule has 23 heavy (non-hydrogen) atoms. The number of benzene rings is 1. The van der Waals surface area contributed by atoms with Crippen LogP contribution < -0.4 is 0 Å². The van der Waals surface area contributed by atoms with Gasteiger partial charge in [0, 0.05) is 27.2 Å². The first-order chi connectivity index (χ1) is 10.8. The molecule has 2 rings (SSSR count). The maximum Gasteiger partial charge on any atom is 0.239 e. The van der Waals surface area contributed by atoms with Gasteiger partial charge in [-0.3, -0.25) is 4.79 Å². The molecule has 1 aromatic rings. The molecule has 5 nitrogen and oxygen atoms in total. The molecular weight excluding hydrogens is 312 g/mol. The molecular formula is C17H26N2O3S. The van der Waals surface area contributed by atoms with Crippen molar-refractivity contribution >= 4 is 15.9 Å². The molecule has 2 unspecified atom stereocenters. The molecule has 1 fully saturated rings. The first-order valence-electron chi connectivity index (χ1n) is 8.01. The molecule has 2 atom stereocenters. The molecule has 1 amide bonds. The number of carbonyl (C=O) groups is 1. The zero-order valence-corrected chi connectivity index (χ0v) is 14.9. The van der Waals surface area contributed by atoms with Crippen molar-refractivity contribution in [3.05, 3.63) is 35.9 Å². The maximum absolute atomic E-state index is 12.4. The standard InChI is InChI=1S/C17H26N2O3S/c1-18(2)23(21,22)13-17(20)19(3)16-11-7-10-15(16)12-14-8-5-4-6-9-14/h4-6,8-9,15-16H,7,10-13H2,1-3H3. The molecule has 0 heterocycles. The summed E-state index contributed by atoms with van der Waals surface area (Å²) in [7, 11) is 1.14. The van der Waals surface area contributed by atoms with Crippen LogP contribution in [0.25, 0.3) is 0 Å². The summed E-state index contributed by atoms with van der Waals surface area (Å²) < 4.78 is 24.9. The van der Waals surface area contributed by atoms with Crippen molar-refractivity contribution in [3.8, 4) is 0 Å². The number of hydrogen-bond donors (Lipinski definition) is 0. The van der Waals surface area contributed by atoms with Gasteiger partial charge in [0.2, 0.25) is 15.9 Å². The van der Waals surface area contributed by atoms with Crippen LogP contribution in [0.15, 0.2) is 30.3 Å². The zero-order chi connectivity index (χ0) is 17.0. The van der Waals surface area contributed by atoms with Crippen molar-refractivity contribution in [1.29, 1.82) is 0 Å². The van der Waals surface area contributed by atoms with Gasteiger partial charge in [0.15, 0.2) is 0 Å². The Morgan fingerprint density at radius 3 is 2.39 bits per heavy atom. The van der Waals surface area contributed by atoms with Crippen molar-refractivity contribution in [2.45, 2.75) is 31.7 Å². The third-order valence-corrected chi connectivity index (χ3v) is 6.44. The van der Waals surface area contributed by atoms with E-state index in [1.807, 2.05) is 18.2 Å². The van der Waals surface area contributed by atoms with Gasteiger partial charge in [0.25, 0.3) is 0 Å². The molecule has 1 aromatic carbocycles. The lowest BCUT2D eigenvalue weighted by atomic mass is 9.94. The molecule has 0 aromatic heterocycles. The highest BCUT2D eigenvalue weighted by Crippen LogP contribution is 2.32. The molecule has 0 saturated heterocycles. The molecule has 0 bridgehead atoms. The number of rotatable bonds is 6. The molecule has 0 N–H and O–H groups in total. The Morgan fingerprint density at radius 2 is 1.78 bits per heavy atom. The van der Waals surface area contributed by atoms with Crippen LogP contribution in [-0.4, -0.2) is 56.5 Å². The van der Waals surface area contributed by atoms with Crippen molar-refractivity contribution in [3.63, 3.8) is 0 Å². The lowest BCUT2D eigenvalue weighted by Crippen LogP contribution is -2.44. The fourth-order valence-corrected chi connectivity index (χ4v) is 4.03. The summed E-state index contributed by atoms with van der Waals surface area (Å²) in [6.07, 6.45) is 4.04. The predicted octanol–water partition coefficient (Wildman–Crippen LogP) is 1.75. The van der Waals surface area contributed by atoms with Gasteiger partial charge in [-0.15, -0.1) is 0 Å². The molecule has 6 heteroatoms. The summed E-state index contributed by atoms with van der Waals surface area (Å²) in [5.74, 6) is -0.373. The predicted molar refractivity (Wildman–Crippen MR) is 91.5 cm³/mol. The Bertz CT molecular complexity index is 628. The van der Waals surface area contributed by atoms with Crippen LogP contribution in [0.2, 0.25) is 0 Å². The summed E-state index contributed by atoms with van der Waals surface area (Å²) in [5.41, 5.74) is 1.27. The van der Waals surface area contributed by atoms with E-state index in [1.54, 1.807) is 11.9 Å². The van der Waals surface area contributed by atoms with E-state index in [1.165, 1.54) is 19.7 Å². The Balaban J connectivity index is 2.02. The average molecular weight is 338 g/mol. The van der Waals surface area contributed by atoms with Gasteiger partial charge in [-0.2, -0.15) is 0 Å². The lowest BCUT2D eigenvalue weighted by molar-refractivity contribution is -0.129. The minimum absolute atomic E-state index is 0.125. The summed E-state index contributed by atoms with van der Waals surface area (Å²) >= 11 is 0. The summed E-state index contributed by atoms with van der Waals surface area (Å²) in [6.45, 7) is 0. The van der Waals surface area contributed by atoms with E-state index in [9.17, 15) is 13.2 Å². The van der Waals surface area contributed by atoms with Crippen molar-refractivity contribution < 1.29 is 13.2 Å². The Labute approximate surface area is 139 Å². The molecule has 0 spiro atoms. The maximum atomic E-state index is 12.4. The minimum Gasteiger partial charge on any atom is -0.342 e. The molecule has 0 radical (unpaired) electrons. The molecule has 0 aliphatic heterocycles. The van der Waals surface area contributed by atoms with E-state index in [-0.39, 0.29) is 11.9 Å². The zero-order valence-electron chi connectivity index (χ0n) is 14.1. The van der Waals surface area contributed by atoms with Gasteiger partial charge in [0.1, 0.15) is 5.75 Å². The number of sulfonamides is 1. The molecule has 1 aliphatic rings. The Morgan fingerprint density at radius 1 is 1.13 bits per heavy atom. The largest absolute Gasteiger partial charge is 0.342 e. The summed E-state index contributed by atoms with van der Waals surface area (Å²) in [4.78, 5) is 14.0. The van der Waals surface area contributed by atoms with Crippen LogP contribution in [-0.2, 0) is 21.2 Å². The number of hydrogen-bond acceptors (Lipinski definition) is 3. The number of carbonyl (C=O) groups excluding carboxylic acids is 1. The van der Waals surface area contributed by atoms with Crippen LogP contribution in [0.1, 0.15) is 24.8 Å². The van der Waals surface area contributed by atoms with E-state index < -0.39 is 15.8 Å². The Kier molecular flexibility index (Phi) is 5.81. The summed E-state index contributed by atoms with van der Waals surface area (Å²) in [6, 6.07) is 10.4. The highest BCUT2D eigenvalue weighted by molar-refractivity contribution is 7.89. The first kappa shape index (κ1) is 17.9. The van der Waals surface area contributed by atoms with Crippen LogP contribution in [0, 0.1) is 5.92 Å². The average Bonchev–Trinajstić information content (AvgIpc) is 2.95. The van der Waals surface area contributed by atoms with E-state index in [4.69, 9.17) is 0 Å². The van der Waals surface area contributed by atoms with Gasteiger partial charge in [0.05, 0.1) is 0 Å². The van der Waals surface area contributed by atoms with Crippen LogP contribution in [0.5, 0.6) is 0 Å². The SMILES string of the molecule is CN(C(=O)CS(=O)(=O)N(C)C)C1CCCC1Cc1ccccc1. The highest BCUT2D eigenvalue weighted by atomic mass is 32.2. The van der Waals surface area contributed by atoms with Crippen LogP contribution in [0.3, 0.4) is 0 Å². The summed E-state index contributed by atoms with van der Waals surface area (Å²) in [5, 5.41) is 0. The van der Waals surface area contributed by atoms with Gasteiger partial charge >= 0.3 is 0 Å². The number of amides is 1. The third kappa shape index (κ3) is 4.54. The fraction of sp³-hybridized carbons (Fsp3) is 0.588. The quantitative estimate of drug-likeness (QED) is 0.794. The van der Waals surface area contributed by atoms with Crippen LogP contribution >= 0.6 is 0 Å². The molecule has 128 valence electrons. The van der Waals surface area contributed by atoms with Crippen molar-refractivity contribution in [1.82, 2.24) is 9.21 Å².